The van der Waals surface area contributed by atoms with Crippen molar-refractivity contribution >= 4 is 51.5 Å². The summed E-state index contributed by atoms with van der Waals surface area (Å²) in [5.74, 6) is 0.656. The van der Waals surface area contributed by atoms with E-state index in [9.17, 15) is 9.18 Å². The summed E-state index contributed by atoms with van der Waals surface area (Å²) in [6.45, 7) is 5.83. The van der Waals surface area contributed by atoms with Crippen LogP contribution in [0.3, 0.4) is 0 Å². The van der Waals surface area contributed by atoms with Crippen LogP contribution in [0.2, 0.25) is 10.0 Å². The predicted octanol–water partition coefficient (Wildman–Crippen LogP) is 5.54. The number of piperidine rings is 1. The van der Waals surface area contributed by atoms with E-state index in [1.165, 1.54) is 24.5 Å². The molecule has 1 amide bonds. The lowest BCUT2D eigenvalue weighted by Gasteiger charge is -2.32. The third kappa shape index (κ3) is 5.58. The summed E-state index contributed by atoms with van der Waals surface area (Å²) in [5, 5.41) is 3.54. The summed E-state index contributed by atoms with van der Waals surface area (Å²) >= 11 is 11.9. The highest BCUT2D eigenvalue weighted by Crippen LogP contribution is 2.38. The fraction of sp³-hybridized carbons (Fsp3) is 0.346. The number of hydrogen-bond acceptors (Lipinski definition) is 7. The summed E-state index contributed by atoms with van der Waals surface area (Å²) in [5.41, 5.74) is 0.713. The van der Waals surface area contributed by atoms with E-state index in [1.54, 1.807) is 17.0 Å². The molecule has 2 aromatic carbocycles. The topological polar surface area (TPSA) is 85.8 Å². The van der Waals surface area contributed by atoms with Gasteiger partial charge < -0.3 is 24.4 Å². The summed E-state index contributed by atoms with van der Waals surface area (Å²) in [6, 6.07) is 6.58. The number of halogens is 3. The second-order valence-corrected chi connectivity index (χ2v) is 9.62. The first kappa shape index (κ1) is 25.5. The first-order valence-corrected chi connectivity index (χ1v) is 12.7. The lowest BCUT2D eigenvalue weighted by molar-refractivity contribution is -0.127. The van der Waals surface area contributed by atoms with Crippen molar-refractivity contribution in [2.75, 3.05) is 31.6 Å². The lowest BCUT2D eigenvalue weighted by Crippen LogP contribution is -2.41. The number of carbonyl (C=O) groups is 1. The number of benzene rings is 2. The number of likely N-dealkylation sites (tertiary alicyclic amines) is 1. The molecule has 3 aromatic rings. The number of carbonyl (C=O) groups excluding carboxylic acids is 1. The van der Waals surface area contributed by atoms with Gasteiger partial charge in [0.1, 0.15) is 24.4 Å². The van der Waals surface area contributed by atoms with Crippen molar-refractivity contribution in [3.63, 3.8) is 0 Å². The summed E-state index contributed by atoms with van der Waals surface area (Å²) in [4.78, 5) is 22.4. The van der Waals surface area contributed by atoms with Crippen LogP contribution < -0.4 is 14.8 Å². The van der Waals surface area contributed by atoms with Crippen LogP contribution in [0.4, 0.5) is 15.9 Å². The van der Waals surface area contributed by atoms with Crippen LogP contribution in [-0.2, 0) is 9.53 Å². The molecule has 11 heteroatoms. The van der Waals surface area contributed by atoms with Gasteiger partial charge in [-0.15, -0.1) is 0 Å². The van der Waals surface area contributed by atoms with Gasteiger partial charge in [0.05, 0.1) is 34.5 Å². The average Bonchev–Trinajstić information content (AvgIpc) is 3.43. The molecule has 194 valence electrons. The van der Waals surface area contributed by atoms with Gasteiger partial charge in [-0.2, -0.15) is 0 Å². The number of nitrogens with one attached hydrogen (secondary N) is 1. The van der Waals surface area contributed by atoms with Crippen LogP contribution >= 0.6 is 23.2 Å². The Bertz CT molecular complexity index is 1330. The highest BCUT2D eigenvalue weighted by molar-refractivity contribution is 6.42. The average molecular weight is 547 g/mol. The normalized spacial score (nSPS) is 18.1. The summed E-state index contributed by atoms with van der Waals surface area (Å²) in [7, 11) is 0. The number of anilines is 2. The number of fused-ring (bicyclic) bond motifs is 1. The second kappa shape index (κ2) is 11.1. The zero-order valence-electron chi connectivity index (χ0n) is 19.9. The van der Waals surface area contributed by atoms with E-state index in [1.807, 2.05) is 0 Å². The Morgan fingerprint density at radius 1 is 1.14 bits per heavy atom. The molecule has 1 atom stereocenters. The minimum Gasteiger partial charge on any atom is -0.486 e. The van der Waals surface area contributed by atoms with E-state index in [0.29, 0.717) is 67.4 Å². The van der Waals surface area contributed by atoms with Gasteiger partial charge in [-0.1, -0.05) is 29.8 Å². The van der Waals surface area contributed by atoms with E-state index in [2.05, 4.69) is 21.9 Å². The maximum atomic E-state index is 14.7. The predicted molar refractivity (Wildman–Crippen MR) is 140 cm³/mol. The third-order valence-corrected chi connectivity index (χ3v) is 7.17. The zero-order chi connectivity index (χ0) is 25.9. The Morgan fingerprint density at radius 3 is 2.62 bits per heavy atom. The number of nitrogens with zero attached hydrogens (tertiary/aromatic N) is 3. The third-order valence-electron chi connectivity index (χ3n) is 6.39. The van der Waals surface area contributed by atoms with Crippen molar-refractivity contribution in [2.24, 2.45) is 0 Å². The molecule has 37 heavy (non-hydrogen) atoms. The molecule has 0 aliphatic carbocycles. The van der Waals surface area contributed by atoms with Gasteiger partial charge in [0.25, 0.3) is 0 Å². The minimum atomic E-state index is -0.681. The molecular formula is C26H25Cl2FN4O4. The van der Waals surface area contributed by atoms with E-state index in [4.69, 9.17) is 37.4 Å². The van der Waals surface area contributed by atoms with Crippen molar-refractivity contribution in [2.45, 2.75) is 31.5 Å². The van der Waals surface area contributed by atoms with Gasteiger partial charge in [-0.3, -0.25) is 4.79 Å². The van der Waals surface area contributed by atoms with Crippen molar-refractivity contribution < 1.29 is 23.4 Å². The van der Waals surface area contributed by atoms with Crippen LogP contribution in [0.15, 0.2) is 43.2 Å². The standard InChI is InChI=1S/C26H25Cl2FN4O4/c1-2-23(34)33-8-5-15(6-9-33)36-21-11-17-20(12-22(21)37-16-7-10-35-13-16)30-14-31-26(17)32-19-4-3-18(27)24(28)25(19)29/h2-4,11-12,14-16H,1,5-10,13H2,(H,30,31,32)/t16-/m0/s1. The molecule has 2 aliphatic rings. The van der Waals surface area contributed by atoms with Crippen LogP contribution in [0.5, 0.6) is 11.5 Å². The van der Waals surface area contributed by atoms with Crippen LogP contribution in [0.1, 0.15) is 19.3 Å². The van der Waals surface area contributed by atoms with Gasteiger partial charge in [-0.05, 0) is 24.3 Å². The number of ether oxygens (including phenoxy) is 3. The molecule has 0 spiro atoms. The Morgan fingerprint density at radius 2 is 1.89 bits per heavy atom. The Labute approximate surface area is 223 Å². The first-order valence-electron chi connectivity index (χ1n) is 11.9. The molecule has 1 N–H and O–H groups in total. The number of rotatable bonds is 7. The fourth-order valence-corrected chi connectivity index (χ4v) is 4.70. The minimum absolute atomic E-state index is 0.0863. The highest BCUT2D eigenvalue weighted by atomic mass is 35.5. The van der Waals surface area contributed by atoms with E-state index in [0.717, 1.165) is 6.42 Å². The van der Waals surface area contributed by atoms with Gasteiger partial charge in [0.2, 0.25) is 5.91 Å². The van der Waals surface area contributed by atoms with Crippen molar-refractivity contribution in [3.8, 4) is 11.5 Å². The Balaban J connectivity index is 1.46. The SMILES string of the molecule is C=CC(=O)N1CCC(Oc2cc3c(Nc4ccc(Cl)c(Cl)c4F)ncnc3cc2O[C@H]2CCOC2)CC1. The van der Waals surface area contributed by atoms with E-state index < -0.39 is 5.82 Å². The summed E-state index contributed by atoms with van der Waals surface area (Å²) < 4.78 is 32.8. The molecule has 1 aromatic heterocycles. The molecule has 8 nitrogen and oxygen atoms in total. The molecule has 0 bridgehead atoms. The maximum Gasteiger partial charge on any atom is 0.245 e. The van der Waals surface area contributed by atoms with Crippen molar-refractivity contribution in [1.82, 2.24) is 14.9 Å². The van der Waals surface area contributed by atoms with Crippen LogP contribution in [-0.4, -0.2) is 59.3 Å². The zero-order valence-corrected chi connectivity index (χ0v) is 21.4. The smallest absolute Gasteiger partial charge is 0.245 e. The van der Waals surface area contributed by atoms with Gasteiger partial charge in [-0.25, -0.2) is 14.4 Å². The van der Waals surface area contributed by atoms with Crippen molar-refractivity contribution in [1.29, 1.82) is 0 Å². The molecule has 0 unspecified atom stereocenters. The Hall–Kier alpha value is -3.14. The largest absolute Gasteiger partial charge is 0.486 e. The number of aromatic nitrogens is 2. The molecule has 2 saturated heterocycles. The van der Waals surface area contributed by atoms with Crippen LogP contribution in [0.25, 0.3) is 10.9 Å². The highest BCUT2D eigenvalue weighted by Gasteiger charge is 2.26. The van der Waals surface area contributed by atoms with Gasteiger partial charge >= 0.3 is 0 Å². The molecule has 0 radical (unpaired) electrons. The Kier molecular flexibility index (Phi) is 7.64. The number of amides is 1. The van der Waals surface area contributed by atoms with Crippen LogP contribution in [0, 0.1) is 5.82 Å². The molecule has 3 heterocycles. The summed E-state index contributed by atoms with van der Waals surface area (Å²) in [6.07, 6.45) is 4.58. The van der Waals surface area contributed by atoms with E-state index in [-0.39, 0.29) is 33.8 Å². The number of hydrogen-bond donors (Lipinski definition) is 1. The fourth-order valence-electron chi connectivity index (χ4n) is 4.39. The molecule has 0 saturated carbocycles. The molecule has 2 fully saturated rings. The van der Waals surface area contributed by atoms with Gasteiger partial charge in [0.15, 0.2) is 17.3 Å². The maximum absolute atomic E-state index is 14.7. The lowest BCUT2D eigenvalue weighted by atomic mass is 10.1. The molecule has 2 aliphatic heterocycles. The first-order chi connectivity index (χ1) is 17.9. The quantitative estimate of drug-likeness (QED) is 0.307. The molecule has 5 rings (SSSR count). The van der Waals surface area contributed by atoms with E-state index >= 15 is 0 Å². The second-order valence-electron chi connectivity index (χ2n) is 8.84. The van der Waals surface area contributed by atoms with Crippen molar-refractivity contribution in [3.05, 3.63) is 59.1 Å². The monoisotopic (exact) mass is 546 g/mol. The van der Waals surface area contributed by atoms with Gasteiger partial charge in [0, 0.05) is 43.8 Å². The molecular weight excluding hydrogens is 522 g/mol.